The van der Waals surface area contributed by atoms with Crippen LogP contribution in [0.4, 0.5) is 0 Å². The second-order valence-electron chi connectivity index (χ2n) is 4.06. The van der Waals surface area contributed by atoms with Gasteiger partial charge in [0.2, 0.25) is 0 Å². The first-order valence-corrected chi connectivity index (χ1v) is 6.38. The summed E-state index contributed by atoms with van der Waals surface area (Å²) in [7, 11) is 0. The molecule has 0 amide bonds. The Balaban J connectivity index is 2.04. The van der Waals surface area contributed by atoms with E-state index in [1.165, 1.54) is 36.8 Å². The molecule has 0 radical (unpaired) electrons. The van der Waals surface area contributed by atoms with Gasteiger partial charge in [-0.2, -0.15) is 0 Å². The van der Waals surface area contributed by atoms with Crippen molar-refractivity contribution in [3.63, 3.8) is 0 Å². The predicted molar refractivity (Wildman–Crippen MR) is 64.2 cm³/mol. The van der Waals surface area contributed by atoms with E-state index in [0.717, 1.165) is 5.69 Å². The minimum Gasteiger partial charge on any atom is -0.245 e. The van der Waals surface area contributed by atoms with E-state index in [2.05, 4.69) is 28.6 Å². The Bertz CT molecular complexity index is 459. The zero-order chi connectivity index (χ0) is 10.1. The first kappa shape index (κ1) is 9.10. The van der Waals surface area contributed by atoms with Crippen molar-refractivity contribution >= 4 is 11.3 Å². The van der Waals surface area contributed by atoms with Crippen LogP contribution >= 0.6 is 11.3 Å². The smallest absolute Gasteiger partial charge is 0.0811 e. The third-order valence-corrected chi connectivity index (χ3v) is 3.66. The molecule has 0 saturated carbocycles. The number of aryl methyl sites for hydroxylation is 2. The molecule has 0 atom stereocenters. The Kier molecular flexibility index (Phi) is 2.29. The maximum Gasteiger partial charge on any atom is 0.0811 e. The summed E-state index contributed by atoms with van der Waals surface area (Å²) in [5, 5.41) is 2.12. The van der Waals surface area contributed by atoms with E-state index in [1.807, 2.05) is 5.51 Å². The maximum atomic E-state index is 4.35. The van der Waals surface area contributed by atoms with E-state index in [0.29, 0.717) is 0 Å². The first-order chi connectivity index (χ1) is 7.43. The number of rotatable bonds is 1. The van der Waals surface area contributed by atoms with Gasteiger partial charge in [0.1, 0.15) is 0 Å². The number of fused-ring (bicyclic) bond motifs is 1. The molecule has 0 N–H and O–H groups in total. The number of thiazole rings is 1. The monoisotopic (exact) mass is 215 g/mol. The van der Waals surface area contributed by atoms with Crippen LogP contribution in [0.2, 0.25) is 0 Å². The topological polar surface area (TPSA) is 12.9 Å². The van der Waals surface area contributed by atoms with Crippen molar-refractivity contribution in [1.82, 2.24) is 4.98 Å². The van der Waals surface area contributed by atoms with Crippen LogP contribution in [0.25, 0.3) is 11.3 Å². The van der Waals surface area contributed by atoms with Crippen LogP contribution in [0.3, 0.4) is 0 Å². The first-order valence-electron chi connectivity index (χ1n) is 5.44. The molecule has 1 nitrogen and oxygen atoms in total. The quantitative estimate of drug-likeness (QED) is 0.707. The fraction of sp³-hybridized carbons (Fsp3) is 0.308. The Morgan fingerprint density at radius 1 is 1.07 bits per heavy atom. The van der Waals surface area contributed by atoms with Crippen molar-refractivity contribution in [3.8, 4) is 11.3 Å². The molecule has 0 unspecified atom stereocenters. The predicted octanol–water partition coefficient (Wildman–Crippen LogP) is 3.69. The summed E-state index contributed by atoms with van der Waals surface area (Å²) in [6.45, 7) is 0. The summed E-state index contributed by atoms with van der Waals surface area (Å²) in [6, 6.07) is 6.81. The molecule has 1 aromatic carbocycles. The molecule has 3 rings (SSSR count). The van der Waals surface area contributed by atoms with E-state index < -0.39 is 0 Å². The van der Waals surface area contributed by atoms with Gasteiger partial charge in [-0.15, -0.1) is 11.3 Å². The number of hydrogen-bond acceptors (Lipinski definition) is 2. The normalized spacial score (nSPS) is 14.9. The lowest BCUT2D eigenvalue weighted by molar-refractivity contribution is 0.686. The number of benzene rings is 1. The van der Waals surface area contributed by atoms with Gasteiger partial charge in [-0.05, 0) is 42.9 Å². The summed E-state index contributed by atoms with van der Waals surface area (Å²) < 4.78 is 0. The average molecular weight is 215 g/mol. The molecular formula is C13H13NS. The van der Waals surface area contributed by atoms with Gasteiger partial charge in [-0.1, -0.05) is 12.1 Å². The van der Waals surface area contributed by atoms with Crippen molar-refractivity contribution < 1.29 is 0 Å². The number of nitrogens with zero attached hydrogens (tertiary/aromatic N) is 1. The van der Waals surface area contributed by atoms with Crippen LogP contribution in [0, 0.1) is 0 Å². The van der Waals surface area contributed by atoms with Gasteiger partial charge in [-0.25, -0.2) is 4.98 Å². The minimum absolute atomic E-state index is 1.12. The van der Waals surface area contributed by atoms with Crippen LogP contribution in [-0.2, 0) is 12.8 Å². The lowest BCUT2D eigenvalue weighted by Gasteiger charge is -2.15. The maximum absolute atomic E-state index is 4.35. The second-order valence-corrected chi connectivity index (χ2v) is 4.78. The molecule has 0 bridgehead atoms. The minimum atomic E-state index is 1.12. The van der Waals surface area contributed by atoms with Crippen molar-refractivity contribution in [2.45, 2.75) is 25.7 Å². The zero-order valence-corrected chi connectivity index (χ0v) is 9.39. The SMILES string of the molecule is c1nc(-c2ccc3c(c2)CCCC3)cs1. The summed E-state index contributed by atoms with van der Waals surface area (Å²) in [5.41, 5.74) is 7.37. The van der Waals surface area contributed by atoms with Gasteiger partial charge in [0.25, 0.3) is 0 Å². The standard InChI is InChI=1S/C13H13NS/c1-2-4-11-7-12(6-5-10(11)3-1)13-8-15-9-14-13/h5-9H,1-4H2. The summed E-state index contributed by atoms with van der Waals surface area (Å²) in [4.78, 5) is 4.35. The third-order valence-electron chi connectivity index (χ3n) is 3.08. The van der Waals surface area contributed by atoms with Crippen molar-refractivity contribution in [2.24, 2.45) is 0 Å². The van der Waals surface area contributed by atoms with E-state index in [9.17, 15) is 0 Å². The molecule has 1 aliphatic carbocycles. The highest BCUT2D eigenvalue weighted by Crippen LogP contribution is 2.27. The van der Waals surface area contributed by atoms with Gasteiger partial charge in [0.15, 0.2) is 0 Å². The number of aromatic nitrogens is 1. The van der Waals surface area contributed by atoms with E-state index in [-0.39, 0.29) is 0 Å². The van der Waals surface area contributed by atoms with Crippen LogP contribution in [0.15, 0.2) is 29.1 Å². The van der Waals surface area contributed by atoms with Gasteiger partial charge in [0, 0.05) is 10.9 Å². The highest BCUT2D eigenvalue weighted by Gasteiger charge is 2.10. The Labute approximate surface area is 93.8 Å². The molecule has 76 valence electrons. The molecule has 0 aliphatic heterocycles. The molecule has 1 aromatic heterocycles. The van der Waals surface area contributed by atoms with Crippen LogP contribution in [0.5, 0.6) is 0 Å². The highest BCUT2D eigenvalue weighted by atomic mass is 32.1. The summed E-state index contributed by atoms with van der Waals surface area (Å²) in [6.07, 6.45) is 5.19. The molecular weight excluding hydrogens is 202 g/mol. The van der Waals surface area contributed by atoms with Gasteiger partial charge in [0.05, 0.1) is 11.2 Å². The molecule has 15 heavy (non-hydrogen) atoms. The van der Waals surface area contributed by atoms with Crippen LogP contribution in [-0.4, -0.2) is 4.98 Å². The second kappa shape index (κ2) is 3.78. The Morgan fingerprint density at radius 3 is 2.73 bits per heavy atom. The lowest BCUT2D eigenvalue weighted by Crippen LogP contribution is -2.02. The Hall–Kier alpha value is -1.15. The Morgan fingerprint density at radius 2 is 1.93 bits per heavy atom. The molecule has 1 aliphatic rings. The van der Waals surface area contributed by atoms with Gasteiger partial charge < -0.3 is 0 Å². The molecule has 0 fully saturated rings. The van der Waals surface area contributed by atoms with Crippen molar-refractivity contribution in [3.05, 3.63) is 40.2 Å². The number of hydrogen-bond donors (Lipinski definition) is 0. The van der Waals surface area contributed by atoms with E-state index in [4.69, 9.17) is 0 Å². The summed E-state index contributed by atoms with van der Waals surface area (Å²) >= 11 is 1.66. The molecule has 0 saturated heterocycles. The molecule has 2 heteroatoms. The zero-order valence-electron chi connectivity index (χ0n) is 8.57. The van der Waals surface area contributed by atoms with Gasteiger partial charge >= 0.3 is 0 Å². The largest absolute Gasteiger partial charge is 0.245 e. The van der Waals surface area contributed by atoms with Gasteiger partial charge in [-0.3, -0.25) is 0 Å². The average Bonchev–Trinajstić information content (AvgIpc) is 2.82. The van der Waals surface area contributed by atoms with Crippen LogP contribution in [0.1, 0.15) is 24.0 Å². The van der Waals surface area contributed by atoms with Crippen molar-refractivity contribution in [1.29, 1.82) is 0 Å². The highest BCUT2D eigenvalue weighted by molar-refractivity contribution is 7.07. The fourth-order valence-electron chi connectivity index (χ4n) is 2.25. The lowest BCUT2D eigenvalue weighted by atomic mass is 9.90. The van der Waals surface area contributed by atoms with Crippen molar-refractivity contribution in [2.75, 3.05) is 0 Å². The molecule has 0 spiro atoms. The van der Waals surface area contributed by atoms with Crippen LogP contribution < -0.4 is 0 Å². The van der Waals surface area contributed by atoms with E-state index in [1.54, 1.807) is 16.9 Å². The third kappa shape index (κ3) is 1.70. The molecule has 2 aromatic rings. The molecule has 1 heterocycles. The van der Waals surface area contributed by atoms with E-state index >= 15 is 0 Å². The fourth-order valence-corrected chi connectivity index (χ4v) is 2.81. The summed E-state index contributed by atoms with van der Waals surface area (Å²) in [5.74, 6) is 0.